The van der Waals surface area contributed by atoms with Crippen molar-refractivity contribution in [1.82, 2.24) is 15.1 Å². The van der Waals surface area contributed by atoms with Crippen LogP contribution in [0.15, 0.2) is 12.3 Å². The summed E-state index contributed by atoms with van der Waals surface area (Å²) in [5.41, 5.74) is 1.19. The standard InChI is InChI=1S/C17H31N3O/c1-3-10-18-16(14-21-12-4-2)13-15-9-11-20(19-15)17-7-5-6-8-17/h9,11,16-18H,3-8,10,12-14H2,1-2H3. The molecule has 1 aliphatic rings. The van der Waals surface area contributed by atoms with Crippen LogP contribution in [0.25, 0.3) is 0 Å². The van der Waals surface area contributed by atoms with E-state index in [1.54, 1.807) is 0 Å². The van der Waals surface area contributed by atoms with Gasteiger partial charge in [0.2, 0.25) is 0 Å². The lowest BCUT2D eigenvalue weighted by Crippen LogP contribution is -2.36. The molecule has 0 amide bonds. The molecule has 1 fully saturated rings. The van der Waals surface area contributed by atoms with Crippen molar-refractivity contribution in [3.63, 3.8) is 0 Å². The summed E-state index contributed by atoms with van der Waals surface area (Å²) in [7, 11) is 0. The normalized spacial score (nSPS) is 17.4. The van der Waals surface area contributed by atoms with Crippen LogP contribution >= 0.6 is 0 Å². The molecule has 1 aliphatic carbocycles. The highest BCUT2D eigenvalue weighted by molar-refractivity contribution is 5.03. The average molecular weight is 293 g/mol. The second-order valence-electron chi connectivity index (χ2n) is 6.16. The molecule has 0 aromatic carbocycles. The Kier molecular flexibility index (Phi) is 7.24. The summed E-state index contributed by atoms with van der Waals surface area (Å²) in [6, 6.07) is 3.19. The van der Waals surface area contributed by atoms with Gasteiger partial charge in [-0.1, -0.05) is 26.7 Å². The van der Waals surface area contributed by atoms with Gasteiger partial charge in [0.1, 0.15) is 0 Å². The van der Waals surface area contributed by atoms with Crippen LogP contribution in [0, 0.1) is 0 Å². The third kappa shape index (κ3) is 5.44. The number of rotatable bonds is 10. The monoisotopic (exact) mass is 293 g/mol. The number of hydrogen-bond acceptors (Lipinski definition) is 3. The molecule has 0 aliphatic heterocycles. The van der Waals surface area contributed by atoms with E-state index in [0.717, 1.165) is 39.0 Å². The molecule has 0 radical (unpaired) electrons. The first-order valence-corrected chi connectivity index (χ1v) is 8.68. The first-order chi connectivity index (χ1) is 10.3. The summed E-state index contributed by atoms with van der Waals surface area (Å²) in [4.78, 5) is 0. The van der Waals surface area contributed by atoms with Gasteiger partial charge in [0, 0.05) is 25.3 Å². The third-order valence-electron chi connectivity index (χ3n) is 4.17. The largest absolute Gasteiger partial charge is 0.380 e. The molecule has 0 saturated heterocycles. The second-order valence-corrected chi connectivity index (χ2v) is 6.16. The maximum absolute atomic E-state index is 5.72. The molecule has 0 bridgehead atoms. The van der Waals surface area contributed by atoms with Gasteiger partial charge < -0.3 is 10.1 Å². The quantitative estimate of drug-likeness (QED) is 0.673. The molecule has 1 saturated carbocycles. The molecule has 1 unspecified atom stereocenters. The molecular weight excluding hydrogens is 262 g/mol. The van der Waals surface area contributed by atoms with Crippen molar-refractivity contribution in [2.24, 2.45) is 0 Å². The van der Waals surface area contributed by atoms with Crippen molar-refractivity contribution in [2.75, 3.05) is 19.8 Å². The summed E-state index contributed by atoms with van der Waals surface area (Å²) in [6.07, 6.45) is 10.6. The summed E-state index contributed by atoms with van der Waals surface area (Å²) < 4.78 is 7.91. The molecule has 0 spiro atoms. The summed E-state index contributed by atoms with van der Waals surface area (Å²) >= 11 is 0. The third-order valence-corrected chi connectivity index (χ3v) is 4.17. The minimum Gasteiger partial charge on any atom is -0.380 e. The first kappa shape index (κ1) is 16.5. The molecular formula is C17H31N3O. The van der Waals surface area contributed by atoms with Gasteiger partial charge in [-0.05, 0) is 38.3 Å². The lowest BCUT2D eigenvalue weighted by Gasteiger charge is -2.17. The van der Waals surface area contributed by atoms with E-state index in [-0.39, 0.29) is 0 Å². The molecule has 4 nitrogen and oxygen atoms in total. The smallest absolute Gasteiger partial charge is 0.0641 e. The van der Waals surface area contributed by atoms with Gasteiger partial charge in [-0.2, -0.15) is 5.10 Å². The predicted molar refractivity (Wildman–Crippen MR) is 86.6 cm³/mol. The highest BCUT2D eigenvalue weighted by Crippen LogP contribution is 2.28. The van der Waals surface area contributed by atoms with Gasteiger partial charge in [0.25, 0.3) is 0 Å². The summed E-state index contributed by atoms with van der Waals surface area (Å²) in [5, 5.41) is 8.37. The van der Waals surface area contributed by atoms with Gasteiger partial charge in [-0.3, -0.25) is 4.68 Å². The van der Waals surface area contributed by atoms with E-state index in [4.69, 9.17) is 9.84 Å². The molecule has 21 heavy (non-hydrogen) atoms. The van der Waals surface area contributed by atoms with E-state index < -0.39 is 0 Å². The van der Waals surface area contributed by atoms with Crippen LogP contribution in [0.1, 0.15) is 64.1 Å². The molecule has 4 heteroatoms. The van der Waals surface area contributed by atoms with Crippen LogP contribution in [0.2, 0.25) is 0 Å². The zero-order valence-corrected chi connectivity index (χ0v) is 13.7. The van der Waals surface area contributed by atoms with Crippen molar-refractivity contribution >= 4 is 0 Å². The Morgan fingerprint density at radius 2 is 2.14 bits per heavy atom. The van der Waals surface area contributed by atoms with Gasteiger partial charge in [0.05, 0.1) is 18.3 Å². The SMILES string of the molecule is CCCNC(COCCC)Cc1ccn(C2CCCC2)n1. The van der Waals surface area contributed by atoms with Gasteiger partial charge in [-0.15, -0.1) is 0 Å². The highest BCUT2D eigenvalue weighted by atomic mass is 16.5. The zero-order valence-electron chi connectivity index (χ0n) is 13.7. The molecule has 2 rings (SSSR count). The topological polar surface area (TPSA) is 39.1 Å². The summed E-state index contributed by atoms with van der Waals surface area (Å²) in [5.74, 6) is 0. The fourth-order valence-electron chi connectivity index (χ4n) is 3.02. The molecule has 1 atom stereocenters. The lowest BCUT2D eigenvalue weighted by atomic mass is 10.1. The average Bonchev–Trinajstić information content (AvgIpc) is 3.15. The minimum absolute atomic E-state index is 0.378. The first-order valence-electron chi connectivity index (χ1n) is 8.68. The van der Waals surface area contributed by atoms with E-state index in [9.17, 15) is 0 Å². The van der Waals surface area contributed by atoms with Crippen molar-refractivity contribution in [3.8, 4) is 0 Å². The molecule has 1 heterocycles. The van der Waals surface area contributed by atoms with Gasteiger partial charge >= 0.3 is 0 Å². The maximum atomic E-state index is 5.72. The minimum atomic E-state index is 0.378. The van der Waals surface area contributed by atoms with Crippen LogP contribution in [0.4, 0.5) is 0 Å². The number of nitrogens with zero attached hydrogens (tertiary/aromatic N) is 2. The van der Waals surface area contributed by atoms with Crippen molar-refractivity contribution in [1.29, 1.82) is 0 Å². The van der Waals surface area contributed by atoms with Crippen LogP contribution in [-0.4, -0.2) is 35.6 Å². The Bertz CT molecular complexity index is 385. The van der Waals surface area contributed by atoms with Crippen molar-refractivity contribution in [2.45, 2.75) is 70.9 Å². The Balaban J connectivity index is 1.85. The van der Waals surface area contributed by atoms with E-state index >= 15 is 0 Å². The van der Waals surface area contributed by atoms with E-state index in [1.807, 2.05) is 0 Å². The zero-order chi connectivity index (χ0) is 14.9. The molecule has 1 N–H and O–H groups in total. The Labute approximate surface area is 129 Å². The van der Waals surface area contributed by atoms with Gasteiger partial charge in [0.15, 0.2) is 0 Å². The fraction of sp³-hybridized carbons (Fsp3) is 0.824. The second kappa shape index (κ2) is 9.21. The molecule has 1 aromatic rings. The van der Waals surface area contributed by atoms with Crippen LogP contribution < -0.4 is 5.32 Å². The van der Waals surface area contributed by atoms with Crippen molar-refractivity contribution in [3.05, 3.63) is 18.0 Å². The van der Waals surface area contributed by atoms with Crippen LogP contribution in [-0.2, 0) is 11.2 Å². The van der Waals surface area contributed by atoms with E-state index in [2.05, 4.69) is 36.1 Å². The van der Waals surface area contributed by atoms with E-state index in [0.29, 0.717) is 12.1 Å². The Morgan fingerprint density at radius 1 is 1.33 bits per heavy atom. The number of hydrogen-bond donors (Lipinski definition) is 1. The number of aromatic nitrogens is 2. The predicted octanol–water partition coefficient (Wildman–Crippen LogP) is 3.34. The number of nitrogens with one attached hydrogen (secondary N) is 1. The number of ether oxygens (including phenoxy) is 1. The highest BCUT2D eigenvalue weighted by Gasteiger charge is 2.18. The summed E-state index contributed by atoms with van der Waals surface area (Å²) in [6.45, 7) is 7.03. The Morgan fingerprint density at radius 3 is 2.86 bits per heavy atom. The van der Waals surface area contributed by atoms with E-state index in [1.165, 1.54) is 31.4 Å². The fourth-order valence-corrected chi connectivity index (χ4v) is 3.02. The maximum Gasteiger partial charge on any atom is 0.0641 e. The Hall–Kier alpha value is -0.870. The molecule has 120 valence electrons. The molecule has 1 aromatic heterocycles. The van der Waals surface area contributed by atoms with Gasteiger partial charge in [-0.25, -0.2) is 0 Å². The van der Waals surface area contributed by atoms with Crippen molar-refractivity contribution < 1.29 is 4.74 Å². The van der Waals surface area contributed by atoms with Crippen LogP contribution in [0.3, 0.4) is 0 Å². The van der Waals surface area contributed by atoms with Crippen LogP contribution in [0.5, 0.6) is 0 Å². The lowest BCUT2D eigenvalue weighted by molar-refractivity contribution is 0.111.